The minimum atomic E-state index is 0.162. The molecule has 0 heterocycles. The average molecular weight is 296 g/mol. The van der Waals surface area contributed by atoms with Crippen LogP contribution < -0.4 is 0 Å². The van der Waals surface area contributed by atoms with Crippen molar-refractivity contribution < 1.29 is 9.84 Å². The zero-order valence-corrected chi connectivity index (χ0v) is 14.6. The first-order valence-electron chi connectivity index (χ1n) is 8.87. The van der Waals surface area contributed by atoms with E-state index < -0.39 is 0 Å². The fourth-order valence-corrected chi connectivity index (χ4v) is 3.80. The van der Waals surface area contributed by atoms with Gasteiger partial charge in [0.2, 0.25) is 0 Å². The lowest BCUT2D eigenvalue weighted by Crippen LogP contribution is -2.46. The molecule has 124 valence electrons. The SMILES string of the molecule is CCCCCCC/C=C\[C@@H]1CCC(C)(C)[C@H](OC)[C@H]1CO. The van der Waals surface area contributed by atoms with Crippen LogP contribution in [0.2, 0.25) is 0 Å². The molecular formula is C19H36O2. The number of methoxy groups -OCH3 is 1. The summed E-state index contributed by atoms with van der Waals surface area (Å²) in [6.45, 7) is 7.01. The van der Waals surface area contributed by atoms with Crippen LogP contribution >= 0.6 is 0 Å². The van der Waals surface area contributed by atoms with Crippen molar-refractivity contribution in [2.75, 3.05) is 13.7 Å². The van der Waals surface area contributed by atoms with Crippen molar-refractivity contribution in [3.8, 4) is 0 Å². The van der Waals surface area contributed by atoms with Gasteiger partial charge >= 0.3 is 0 Å². The Morgan fingerprint density at radius 3 is 2.52 bits per heavy atom. The van der Waals surface area contributed by atoms with Gasteiger partial charge in [-0.2, -0.15) is 0 Å². The highest BCUT2D eigenvalue weighted by Crippen LogP contribution is 2.44. The Bertz CT molecular complexity index is 296. The van der Waals surface area contributed by atoms with Crippen LogP contribution in [-0.2, 0) is 4.74 Å². The van der Waals surface area contributed by atoms with Crippen molar-refractivity contribution in [1.29, 1.82) is 0 Å². The third kappa shape index (κ3) is 5.75. The Morgan fingerprint density at radius 2 is 1.90 bits per heavy atom. The van der Waals surface area contributed by atoms with E-state index in [4.69, 9.17) is 4.74 Å². The summed E-state index contributed by atoms with van der Waals surface area (Å²) in [6, 6.07) is 0. The van der Waals surface area contributed by atoms with Gasteiger partial charge in [-0.15, -0.1) is 0 Å². The first kappa shape index (κ1) is 18.7. The van der Waals surface area contributed by atoms with Gasteiger partial charge in [0.25, 0.3) is 0 Å². The molecule has 0 bridgehead atoms. The molecule has 1 aliphatic rings. The molecular weight excluding hydrogens is 260 g/mol. The van der Waals surface area contributed by atoms with Gasteiger partial charge in [0.05, 0.1) is 6.10 Å². The molecule has 1 fully saturated rings. The summed E-state index contributed by atoms with van der Waals surface area (Å²) in [5.74, 6) is 0.721. The largest absolute Gasteiger partial charge is 0.396 e. The van der Waals surface area contributed by atoms with Gasteiger partial charge in [-0.05, 0) is 37.0 Å². The highest BCUT2D eigenvalue weighted by molar-refractivity contribution is 5.01. The van der Waals surface area contributed by atoms with Crippen molar-refractivity contribution in [3.63, 3.8) is 0 Å². The second-order valence-corrected chi connectivity index (χ2v) is 7.32. The van der Waals surface area contributed by atoms with E-state index in [1.807, 2.05) is 0 Å². The highest BCUT2D eigenvalue weighted by Gasteiger charge is 2.42. The van der Waals surface area contributed by atoms with Gasteiger partial charge < -0.3 is 9.84 Å². The summed E-state index contributed by atoms with van der Waals surface area (Å²) in [5, 5.41) is 9.78. The predicted octanol–water partition coefficient (Wildman–Crippen LogP) is 4.96. The fourth-order valence-electron chi connectivity index (χ4n) is 3.80. The van der Waals surface area contributed by atoms with E-state index >= 15 is 0 Å². The van der Waals surface area contributed by atoms with E-state index in [1.165, 1.54) is 51.4 Å². The van der Waals surface area contributed by atoms with Gasteiger partial charge in [0.15, 0.2) is 0 Å². The van der Waals surface area contributed by atoms with Crippen molar-refractivity contribution in [1.82, 2.24) is 0 Å². The zero-order chi connectivity index (χ0) is 15.7. The number of rotatable bonds is 9. The van der Waals surface area contributed by atoms with Crippen LogP contribution in [0.1, 0.15) is 72.1 Å². The minimum Gasteiger partial charge on any atom is -0.396 e. The Labute approximate surface area is 132 Å². The standard InChI is InChI=1S/C19H36O2/c1-5-6-7-8-9-10-11-12-16-13-14-19(2,3)18(21-4)17(16)15-20/h11-12,16-18,20H,5-10,13-15H2,1-4H3/b12-11-/t16-,17+,18-/m1/s1. The van der Waals surface area contributed by atoms with E-state index in [9.17, 15) is 5.11 Å². The zero-order valence-electron chi connectivity index (χ0n) is 14.6. The lowest BCUT2D eigenvalue weighted by atomic mass is 9.65. The van der Waals surface area contributed by atoms with E-state index in [-0.39, 0.29) is 24.0 Å². The summed E-state index contributed by atoms with van der Waals surface area (Å²) in [7, 11) is 1.79. The monoisotopic (exact) mass is 296 g/mol. The van der Waals surface area contributed by atoms with Gasteiger partial charge in [0.1, 0.15) is 0 Å². The Hall–Kier alpha value is -0.340. The summed E-state index contributed by atoms with van der Waals surface area (Å²) in [5.41, 5.74) is 0.173. The van der Waals surface area contributed by atoms with Crippen molar-refractivity contribution in [3.05, 3.63) is 12.2 Å². The molecule has 3 atom stereocenters. The van der Waals surface area contributed by atoms with E-state index in [1.54, 1.807) is 7.11 Å². The van der Waals surface area contributed by atoms with Crippen LogP contribution in [-0.4, -0.2) is 24.9 Å². The molecule has 0 unspecified atom stereocenters. The molecule has 1 N–H and O–H groups in total. The molecule has 1 aliphatic carbocycles. The third-order valence-corrected chi connectivity index (χ3v) is 5.15. The number of unbranched alkanes of at least 4 members (excludes halogenated alkanes) is 5. The molecule has 1 rings (SSSR count). The number of aliphatic hydroxyl groups is 1. The summed E-state index contributed by atoms with van der Waals surface area (Å²) in [6.07, 6.45) is 15.1. The third-order valence-electron chi connectivity index (χ3n) is 5.15. The summed E-state index contributed by atoms with van der Waals surface area (Å²) < 4.78 is 5.72. The maximum absolute atomic E-state index is 9.78. The molecule has 0 amide bonds. The van der Waals surface area contributed by atoms with E-state index in [0.29, 0.717) is 5.92 Å². The molecule has 0 aromatic heterocycles. The van der Waals surface area contributed by atoms with Gasteiger partial charge in [-0.25, -0.2) is 0 Å². The lowest BCUT2D eigenvalue weighted by molar-refractivity contribution is -0.0913. The molecule has 0 aromatic rings. The van der Waals surface area contributed by atoms with Crippen LogP contribution in [0.15, 0.2) is 12.2 Å². The van der Waals surface area contributed by atoms with Gasteiger partial charge in [0, 0.05) is 19.6 Å². The highest BCUT2D eigenvalue weighted by atomic mass is 16.5. The van der Waals surface area contributed by atoms with Crippen molar-refractivity contribution >= 4 is 0 Å². The molecule has 0 radical (unpaired) electrons. The quantitative estimate of drug-likeness (QED) is 0.481. The molecule has 0 aliphatic heterocycles. The lowest BCUT2D eigenvalue weighted by Gasteiger charge is -2.45. The minimum absolute atomic E-state index is 0.162. The second-order valence-electron chi connectivity index (χ2n) is 7.32. The summed E-state index contributed by atoms with van der Waals surface area (Å²) >= 11 is 0. The first-order chi connectivity index (χ1) is 10.1. The molecule has 0 aromatic carbocycles. The normalized spacial score (nSPS) is 29.1. The summed E-state index contributed by atoms with van der Waals surface area (Å²) in [4.78, 5) is 0. The van der Waals surface area contributed by atoms with Crippen LogP contribution in [0.3, 0.4) is 0 Å². The first-order valence-corrected chi connectivity index (χ1v) is 8.87. The van der Waals surface area contributed by atoms with Crippen LogP contribution in [0.5, 0.6) is 0 Å². The van der Waals surface area contributed by atoms with E-state index in [2.05, 4.69) is 32.9 Å². The number of aliphatic hydroxyl groups excluding tert-OH is 1. The van der Waals surface area contributed by atoms with Crippen LogP contribution in [0.25, 0.3) is 0 Å². The predicted molar refractivity (Wildman–Crippen MR) is 90.4 cm³/mol. The molecule has 2 nitrogen and oxygen atoms in total. The van der Waals surface area contributed by atoms with Crippen molar-refractivity contribution in [2.45, 2.75) is 78.2 Å². The fraction of sp³-hybridized carbons (Fsp3) is 0.895. The topological polar surface area (TPSA) is 29.5 Å². The maximum Gasteiger partial charge on any atom is 0.0677 e. The Balaban J connectivity index is 2.43. The smallest absolute Gasteiger partial charge is 0.0677 e. The number of allylic oxidation sites excluding steroid dienone is 2. The Kier molecular flexibility index (Phi) is 8.58. The average Bonchev–Trinajstić information content (AvgIpc) is 2.46. The molecule has 0 spiro atoms. The Morgan fingerprint density at radius 1 is 1.19 bits per heavy atom. The number of hydrogen-bond acceptors (Lipinski definition) is 2. The molecule has 0 saturated heterocycles. The molecule has 21 heavy (non-hydrogen) atoms. The second kappa shape index (κ2) is 9.63. The maximum atomic E-state index is 9.78. The molecule has 1 saturated carbocycles. The van der Waals surface area contributed by atoms with Crippen molar-refractivity contribution in [2.24, 2.45) is 17.3 Å². The van der Waals surface area contributed by atoms with Gasteiger partial charge in [-0.1, -0.05) is 58.6 Å². The van der Waals surface area contributed by atoms with E-state index in [0.717, 1.165) is 0 Å². The van der Waals surface area contributed by atoms with Crippen LogP contribution in [0.4, 0.5) is 0 Å². The number of ether oxygens (including phenoxy) is 1. The van der Waals surface area contributed by atoms with Crippen LogP contribution in [0, 0.1) is 17.3 Å². The van der Waals surface area contributed by atoms with Gasteiger partial charge in [-0.3, -0.25) is 0 Å². The molecule has 2 heteroatoms. The number of hydrogen-bond donors (Lipinski definition) is 1.